The van der Waals surface area contributed by atoms with E-state index in [9.17, 15) is 14.4 Å². The van der Waals surface area contributed by atoms with Crippen molar-refractivity contribution in [3.8, 4) is 10.4 Å². The number of likely N-dealkylation sites (tertiary alicyclic amines) is 1. The summed E-state index contributed by atoms with van der Waals surface area (Å²) >= 11 is 1.62. The van der Waals surface area contributed by atoms with Crippen molar-refractivity contribution < 1.29 is 23.6 Å². The van der Waals surface area contributed by atoms with Crippen LogP contribution in [-0.2, 0) is 14.3 Å². The van der Waals surface area contributed by atoms with Gasteiger partial charge in [0.05, 0.1) is 22.1 Å². The van der Waals surface area contributed by atoms with Gasteiger partial charge in [-0.3, -0.25) is 14.5 Å². The molecule has 4 aliphatic heterocycles. The van der Waals surface area contributed by atoms with E-state index in [0.717, 1.165) is 41.1 Å². The summed E-state index contributed by atoms with van der Waals surface area (Å²) in [5.41, 5.74) is 4.97. The predicted octanol–water partition coefficient (Wildman–Crippen LogP) is 5.99. The third kappa shape index (κ3) is 7.44. The van der Waals surface area contributed by atoms with Gasteiger partial charge in [-0.15, -0.1) is 11.3 Å². The molecule has 0 aliphatic carbocycles. The molecular formula is C39H53N7O5S. The number of aryl methyl sites for hydroxylation is 1. The number of hydrogen-bond acceptors (Lipinski definition) is 10. The van der Waals surface area contributed by atoms with Crippen molar-refractivity contribution in [3.05, 3.63) is 52.9 Å². The lowest BCUT2D eigenvalue weighted by atomic mass is 9.91. The van der Waals surface area contributed by atoms with E-state index in [4.69, 9.17) is 9.26 Å². The summed E-state index contributed by atoms with van der Waals surface area (Å²) in [6.07, 6.45) is 5.94. The van der Waals surface area contributed by atoms with Crippen LogP contribution in [0.2, 0.25) is 0 Å². The fraction of sp³-hybridized carbons (Fsp3) is 0.615. The van der Waals surface area contributed by atoms with E-state index in [1.54, 1.807) is 21.1 Å². The molecule has 0 saturated carbocycles. The highest BCUT2D eigenvalue weighted by Gasteiger charge is 2.41. The van der Waals surface area contributed by atoms with Crippen molar-refractivity contribution in [1.29, 1.82) is 0 Å². The standard InChI is InChI=1S/C39H53N7O5S/c1-24(2)35(38(48)46-17-7-9-32(46)37(47)41-26(4)28-10-12-29(13-11-28)36-27(5)40-23-52-36)33-20-34(42-51-33)44-19-18-43(21-25(44)3)39(49)50-22-31-15-14-30-8-6-16-45(30)31/h10-13,20,23-26,30-32,35H,6-9,14-19,21-22H2,1-5H3,(H,41,47)/t25-,26+,30?,31+,32+,35-/m1/s1. The summed E-state index contributed by atoms with van der Waals surface area (Å²) in [5.74, 6) is 0.243. The van der Waals surface area contributed by atoms with Gasteiger partial charge >= 0.3 is 6.09 Å². The molecule has 7 rings (SSSR count). The van der Waals surface area contributed by atoms with E-state index >= 15 is 0 Å². The molecule has 4 fully saturated rings. The maximum atomic E-state index is 14.2. The summed E-state index contributed by atoms with van der Waals surface area (Å²) < 4.78 is 11.7. The number of thiazole rings is 1. The zero-order chi connectivity index (χ0) is 36.5. The minimum Gasteiger partial charge on any atom is -0.448 e. The van der Waals surface area contributed by atoms with Crippen LogP contribution in [0.1, 0.15) is 95.2 Å². The molecule has 1 aromatic carbocycles. The van der Waals surface area contributed by atoms with Gasteiger partial charge in [0.2, 0.25) is 11.8 Å². The first kappa shape index (κ1) is 36.4. The number of benzene rings is 1. The average molecular weight is 732 g/mol. The lowest BCUT2D eigenvalue weighted by Crippen LogP contribution is -2.54. The zero-order valence-electron chi connectivity index (χ0n) is 31.1. The van der Waals surface area contributed by atoms with Crippen LogP contribution in [0.3, 0.4) is 0 Å². The van der Waals surface area contributed by atoms with Gasteiger partial charge in [0.25, 0.3) is 0 Å². The molecule has 4 saturated heterocycles. The SMILES string of the molecule is Cc1ncsc1-c1ccc([C@H](C)NC(=O)[C@@H]2CCCN2C(=O)[C@@H](c2cc(N3CCN(C(=O)OC[C@@H]4CCC5CCCN54)C[C@H]3C)no2)C(C)C)cc1. The van der Waals surface area contributed by atoms with Crippen LogP contribution in [-0.4, -0.2) is 106 Å². The highest BCUT2D eigenvalue weighted by atomic mass is 32.1. The Morgan fingerprint density at radius 3 is 2.54 bits per heavy atom. The van der Waals surface area contributed by atoms with Crippen LogP contribution in [0, 0.1) is 12.8 Å². The Morgan fingerprint density at radius 2 is 1.81 bits per heavy atom. The summed E-state index contributed by atoms with van der Waals surface area (Å²) in [4.78, 5) is 54.6. The van der Waals surface area contributed by atoms with Crippen molar-refractivity contribution in [3.63, 3.8) is 0 Å². The summed E-state index contributed by atoms with van der Waals surface area (Å²) in [7, 11) is 0. The van der Waals surface area contributed by atoms with Gasteiger partial charge in [-0.1, -0.05) is 43.3 Å². The summed E-state index contributed by atoms with van der Waals surface area (Å²) in [6.45, 7) is 13.8. The second-order valence-corrected chi connectivity index (χ2v) is 16.3. The van der Waals surface area contributed by atoms with E-state index in [-0.39, 0.29) is 35.9 Å². The van der Waals surface area contributed by atoms with Crippen LogP contribution in [0.5, 0.6) is 0 Å². The fourth-order valence-electron chi connectivity index (χ4n) is 8.77. The number of amides is 3. The lowest BCUT2D eigenvalue weighted by molar-refractivity contribution is -0.141. The number of aromatic nitrogens is 2. The molecule has 6 heterocycles. The highest BCUT2D eigenvalue weighted by Crippen LogP contribution is 2.35. The van der Waals surface area contributed by atoms with Crippen LogP contribution in [0.15, 0.2) is 40.4 Å². The molecule has 6 atom stereocenters. The Labute approximate surface area is 310 Å². The van der Waals surface area contributed by atoms with E-state index in [0.29, 0.717) is 62.9 Å². The molecule has 280 valence electrons. The van der Waals surface area contributed by atoms with Gasteiger partial charge in [-0.05, 0) is 82.9 Å². The van der Waals surface area contributed by atoms with Crippen LogP contribution < -0.4 is 10.2 Å². The fourth-order valence-corrected chi connectivity index (χ4v) is 9.59. The van der Waals surface area contributed by atoms with E-state index in [2.05, 4.69) is 44.3 Å². The third-order valence-corrected chi connectivity index (χ3v) is 12.7. The maximum absolute atomic E-state index is 14.2. The molecule has 0 radical (unpaired) electrons. The molecule has 3 aromatic rings. The van der Waals surface area contributed by atoms with Crippen LogP contribution in [0.4, 0.5) is 10.6 Å². The molecule has 12 nitrogen and oxygen atoms in total. The summed E-state index contributed by atoms with van der Waals surface area (Å²) in [5, 5.41) is 7.57. The van der Waals surface area contributed by atoms with Crippen molar-refractivity contribution in [2.24, 2.45) is 5.92 Å². The number of fused-ring (bicyclic) bond motifs is 1. The highest BCUT2D eigenvalue weighted by molar-refractivity contribution is 7.13. The minimum atomic E-state index is -0.577. The Kier molecular flexibility index (Phi) is 10.9. The summed E-state index contributed by atoms with van der Waals surface area (Å²) in [6, 6.07) is 10.3. The molecule has 3 amide bonds. The van der Waals surface area contributed by atoms with E-state index < -0.39 is 12.0 Å². The Morgan fingerprint density at radius 1 is 1.02 bits per heavy atom. The first-order valence-electron chi connectivity index (χ1n) is 19.1. The first-order chi connectivity index (χ1) is 25.1. The topological polar surface area (TPSA) is 124 Å². The second kappa shape index (κ2) is 15.6. The number of piperazine rings is 1. The number of nitrogens with one attached hydrogen (secondary N) is 1. The molecule has 2 aromatic heterocycles. The predicted molar refractivity (Wildman–Crippen MR) is 200 cm³/mol. The molecule has 13 heteroatoms. The van der Waals surface area contributed by atoms with Gasteiger partial charge in [-0.25, -0.2) is 9.78 Å². The van der Waals surface area contributed by atoms with Crippen molar-refractivity contribution >= 4 is 35.1 Å². The van der Waals surface area contributed by atoms with Crippen LogP contribution in [0.25, 0.3) is 10.4 Å². The van der Waals surface area contributed by atoms with Crippen molar-refractivity contribution in [1.82, 2.24) is 30.2 Å². The van der Waals surface area contributed by atoms with Crippen LogP contribution >= 0.6 is 11.3 Å². The Hall–Kier alpha value is -3.97. The molecule has 1 unspecified atom stereocenters. The van der Waals surface area contributed by atoms with E-state index in [1.165, 1.54) is 19.3 Å². The normalized spacial score (nSPS) is 24.7. The second-order valence-electron chi connectivity index (χ2n) is 15.4. The van der Waals surface area contributed by atoms with Gasteiger partial charge in [0, 0.05) is 50.4 Å². The van der Waals surface area contributed by atoms with Gasteiger partial charge < -0.3 is 29.3 Å². The smallest absolute Gasteiger partial charge is 0.409 e. The number of ether oxygens (including phenoxy) is 1. The van der Waals surface area contributed by atoms with E-state index in [1.807, 2.05) is 51.4 Å². The maximum Gasteiger partial charge on any atom is 0.409 e. The lowest BCUT2D eigenvalue weighted by Gasteiger charge is -2.39. The minimum absolute atomic E-state index is 0.0106. The zero-order valence-corrected chi connectivity index (χ0v) is 31.9. The quantitative estimate of drug-likeness (QED) is 0.268. The molecule has 1 N–H and O–H groups in total. The van der Waals surface area contributed by atoms with Crippen molar-refractivity contribution in [2.75, 3.05) is 44.2 Å². The molecule has 0 spiro atoms. The number of carbonyl (C=O) groups excluding carboxylic acids is 3. The van der Waals surface area contributed by atoms with Gasteiger partial charge in [0.15, 0.2) is 11.6 Å². The monoisotopic (exact) mass is 731 g/mol. The number of anilines is 1. The number of hydrogen-bond donors (Lipinski definition) is 1. The Bertz CT molecular complexity index is 1730. The van der Waals surface area contributed by atoms with Crippen molar-refractivity contribution in [2.45, 2.75) is 109 Å². The largest absolute Gasteiger partial charge is 0.448 e. The number of nitrogens with zero attached hydrogens (tertiary/aromatic N) is 6. The number of carbonyl (C=O) groups is 3. The third-order valence-electron chi connectivity index (χ3n) is 11.7. The Balaban J connectivity index is 0.944. The molecule has 0 bridgehead atoms. The average Bonchev–Trinajstić information content (AvgIpc) is 3.97. The van der Waals surface area contributed by atoms with Gasteiger partial charge in [0.1, 0.15) is 18.6 Å². The van der Waals surface area contributed by atoms with Gasteiger partial charge in [-0.2, -0.15) is 0 Å². The molecule has 4 aliphatic rings. The molecular weight excluding hydrogens is 679 g/mol. The number of rotatable bonds is 10. The molecule has 52 heavy (non-hydrogen) atoms. The first-order valence-corrected chi connectivity index (χ1v) is 20.0.